The number of rotatable bonds is 3. The van der Waals surface area contributed by atoms with Crippen LogP contribution < -0.4 is 10.6 Å². The Labute approximate surface area is 120 Å². The maximum atomic E-state index is 11.7. The normalized spacial score (nSPS) is 22.6. The molecule has 1 aromatic rings. The second-order valence-corrected chi connectivity index (χ2v) is 5.85. The number of benzene rings is 1. The summed E-state index contributed by atoms with van der Waals surface area (Å²) in [7, 11) is 0. The second kappa shape index (κ2) is 6.16. The van der Waals surface area contributed by atoms with E-state index in [9.17, 15) is 4.79 Å². The van der Waals surface area contributed by atoms with Gasteiger partial charge in [0, 0.05) is 13.1 Å². The van der Waals surface area contributed by atoms with Gasteiger partial charge in [0.15, 0.2) is 0 Å². The van der Waals surface area contributed by atoms with Crippen LogP contribution in [0.25, 0.3) is 0 Å². The van der Waals surface area contributed by atoms with Crippen LogP contribution in [0.1, 0.15) is 37.6 Å². The van der Waals surface area contributed by atoms with E-state index in [2.05, 4.69) is 18.7 Å². The molecule has 2 unspecified atom stereocenters. The smallest absolute Gasteiger partial charge is 0.338 e. The lowest BCUT2D eigenvalue weighted by molar-refractivity contribution is 0.0526. The molecule has 1 fully saturated rings. The monoisotopic (exact) mass is 276 g/mol. The van der Waals surface area contributed by atoms with Gasteiger partial charge >= 0.3 is 5.97 Å². The number of piperidine rings is 1. The van der Waals surface area contributed by atoms with Crippen molar-refractivity contribution >= 4 is 17.3 Å². The summed E-state index contributed by atoms with van der Waals surface area (Å²) in [5, 5.41) is 0. The molecule has 0 spiro atoms. The lowest BCUT2D eigenvalue weighted by Gasteiger charge is -2.37. The summed E-state index contributed by atoms with van der Waals surface area (Å²) >= 11 is 0. The number of nitrogen functional groups attached to an aromatic ring is 1. The van der Waals surface area contributed by atoms with Crippen molar-refractivity contribution in [2.24, 2.45) is 11.8 Å². The van der Waals surface area contributed by atoms with E-state index in [0.29, 0.717) is 29.7 Å². The van der Waals surface area contributed by atoms with Crippen LogP contribution in [0.3, 0.4) is 0 Å². The molecule has 20 heavy (non-hydrogen) atoms. The van der Waals surface area contributed by atoms with E-state index in [4.69, 9.17) is 10.5 Å². The molecular formula is C16H24N2O2. The van der Waals surface area contributed by atoms with Crippen molar-refractivity contribution in [2.75, 3.05) is 30.3 Å². The van der Waals surface area contributed by atoms with E-state index in [0.717, 1.165) is 18.8 Å². The number of hydrogen-bond donors (Lipinski definition) is 1. The molecule has 1 saturated heterocycles. The highest BCUT2D eigenvalue weighted by Gasteiger charge is 2.23. The third kappa shape index (κ3) is 3.24. The standard InChI is InChI=1S/C16H24N2O2/c1-4-20-16(19)13-5-6-15(14(17)8-13)18-9-11(2)7-12(3)10-18/h5-6,8,11-12H,4,7,9-10,17H2,1-3H3. The topological polar surface area (TPSA) is 55.6 Å². The molecule has 1 aliphatic heterocycles. The van der Waals surface area contributed by atoms with E-state index in [1.165, 1.54) is 6.42 Å². The predicted molar refractivity (Wildman–Crippen MR) is 82.0 cm³/mol. The molecule has 110 valence electrons. The number of nitrogens with zero attached hydrogens (tertiary/aromatic N) is 1. The first-order chi connectivity index (χ1) is 9.51. The largest absolute Gasteiger partial charge is 0.462 e. The molecule has 2 rings (SSSR count). The summed E-state index contributed by atoms with van der Waals surface area (Å²) in [6.07, 6.45) is 1.26. The Morgan fingerprint density at radius 2 is 2.00 bits per heavy atom. The first kappa shape index (κ1) is 14.7. The number of esters is 1. The van der Waals surface area contributed by atoms with Crippen molar-refractivity contribution in [1.29, 1.82) is 0 Å². The predicted octanol–water partition coefficient (Wildman–Crippen LogP) is 2.93. The van der Waals surface area contributed by atoms with Crippen LogP contribution in [0.4, 0.5) is 11.4 Å². The van der Waals surface area contributed by atoms with Crippen molar-refractivity contribution in [2.45, 2.75) is 27.2 Å². The van der Waals surface area contributed by atoms with Crippen LogP contribution in [0, 0.1) is 11.8 Å². The van der Waals surface area contributed by atoms with Crippen molar-refractivity contribution in [3.63, 3.8) is 0 Å². The summed E-state index contributed by atoms with van der Waals surface area (Å²) in [6.45, 7) is 8.76. The van der Waals surface area contributed by atoms with E-state index < -0.39 is 0 Å². The minimum atomic E-state index is -0.314. The quantitative estimate of drug-likeness (QED) is 0.681. The van der Waals surface area contributed by atoms with Crippen LogP contribution in [-0.4, -0.2) is 25.7 Å². The molecule has 0 aromatic heterocycles. The Morgan fingerprint density at radius 1 is 1.35 bits per heavy atom. The molecule has 4 heteroatoms. The lowest BCUT2D eigenvalue weighted by atomic mass is 9.91. The zero-order chi connectivity index (χ0) is 14.7. The minimum absolute atomic E-state index is 0.314. The van der Waals surface area contributed by atoms with Gasteiger partial charge in [0.05, 0.1) is 23.5 Å². The third-order valence-corrected chi connectivity index (χ3v) is 3.75. The summed E-state index contributed by atoms with van der Waals surface area (Å²) in [6, 6.07) is 5.46. The zero-order valence-electron chi connectivity index (χ0n) is 12.6. The fraction of sp³-hybridized carbons (Fsp3) is 0.562. The average Bonchev–Trinajstić information content (AvgIpc) is 2.37. The maximum absolute atomic E-state index is 11.7. The molecule has 1 aromatic carbocycles. The Hall–Kier alpha value is -1.71. The Kier molecular flexibility index (Phi) is 4.53. The summed E-state index contributed by atoms with van der Waals surface area (Å²) in [5.41, 5.74) is 8.32. The SMILES string of the molecule is CCOC(=O)c1ccc(N2CC(C)CC(C)C2)c(N)c1. The van der Waals surface area contributed by atoms with E-state index in [1.54, 1.807) is 19.1 Å². The van der Waals surface area contributed by atoms with Gasteiger partial charge in [0.2, 0.25) is 0 Å². The number of hydrogen-bond acceptors (Lipinski definition) is 4. The lowest BCUT2D eigenvalue weighted by Crippen LogP contribution is -2.39. The van der Waals surface area contributed by atoms with Gasteiger partial charge in [-0.25, -0.2) is 4.79 Å². The van der Waals surface area contributed by atoms with Gasteiger partial charge in [-0.05, 0) is 43.4 Å². The van der Waals surface area contributed by atoms with Gasteiger partial charge in [-0.2, -0.15) is 0 Å². The molecule has 1 aliphatic rings. The maximum Gasteiger partial charge on any atom is 0.338 e. The molecule has 2 N–H and O–H groups in total. The number of carbonyl (C=O) groups is 1. The van der Waals surface area contributed by atoms with Gasteiger partial charge in [-0.1, -0.05) is 13.8 Å². The Morgan fingerprint density at radius 3 is 2.55 bits per heavy atom. The van der Waals surface area contributed by atoms with Crippen LogP contribution >= 0.6 is 0 Å². The van der Waals surface area contributed by atoms with Crippen molar-refractivity contribution < 1.29 is 9.53 Å². The van der Waals surface area contributed by atoms with Gasteiger partial charge in [0.1, 0.15) is 0 Å². The average molecular weight is 276 g/mol. The van der Waals surface area contributed by atoms with Crippen LogP contribution in [0.15, 0.2) is 18.2 Å². The van der Waals surface area contributed by atoms with Gasteiger partial charge in [-0.3, -0.25) is 0 Å². The Balaban J connectivity index is 2.19. The highest BCUT2D eigenvalue weighted by Crippen LogP contribution is 2.30. The van der Waals surface area contributed by atoms with E-state index >= 15 is 0 Å². The summed E-state index contributed by atoms with van der Waals surface area (Å²) < 4.78 is 4.99. The molecule has 4 nitrogen and oxygen atoms in total. The molecule has 0 saturated carbocycles. The molecule has 0 amide bonds. The Bertz CT molecular complexity index is 477. The van der Waals surface area contributed by atoms with Gasteiger partial charge < -0.3 is 15.4 Å². The summed E-state index contributed by atoms with van der Waals surface area (Å²) in [4.78, 5) is 14.0. The molecule has 0 aliphatic carbocycles. The number of ether oxygens (including phenoxy) is 1. The van der Waals surface area contributed by atoms with Gasteiger partial charge in [-0.15, -0.1) is 0 Å². The number of nitrogens with two attached hydrogens (primary N) is 1. The van der Waals surface area contributed by atoms with Crippen LogP contribution in [0.5, 0.6) is 0 Å². The third-order valence-electron chi connectivity index (χ3n) is 3.75. The first-order valence-corrected chi connectivity index (χ1v) is 7.32. The fourth-order valence-electron chi connectivity index (χ4n) is 3.04. The molecule has 0 radical (unpaired) electrons. The van der Waals surface area contributed by atoms with Crippen molar-refractivity contribution in [3.05, 3.63) is 23.8 Å². The number of anilines is 2. The molecule has 1 heterocycles. The highest BCUT2D eigenvalue weighted by molar-refractivity contribution is 5.92. The molecule has 2 atom stereocenters. The zero-order valence-corrected chi connectivity index (χ0v) is 12.6. The summed E-state index contributed by atoms with van der Waals surface area (Å²) in [5.74, 6) is 1.02. The second-order valence-electron chi connectivity index (χ2n) is 5.85. The molecular weight excluding hydrogens is 252 g/mol. The highest BCUT2D eigenvalue weighted by atomic mass is 16.5. The first-order valence-electron chi connectivity index (χ1n) is 7.32. The van der Waals surface area contributed by atoms with Gasteiger partial charge in [0.25, 0.3) is 0 Å². The molecule has 0 bridgehead atoms. The number of carbonyl (C=O) groups excluding carboxylic acids is 1. The minimum Gasteiger partial charge on any atom is -0.462 e. The van der Waals surface area contributed by atoms with E-state index in [1.807, 2.05) is 6.07 Å². The van der Waals surface area contributed by atoms with Crippen molar-refractivity contribution in [3.8, 4) is 0 Å². The van der Waals surface area contributed by atoms with Crippen molar-refractivity contribution in [1.82, 2.24) is 0 Å². The van der Waals surface area contributed by atoms with E-state index in [-0.39, 0.29) is 5.97 Å². The van der Waals surface area contributed by atoms with Crippen LogP contribution in [0.2, 0.25) is 0 Å². The fourth-order valence-corrected chi connectivity index (χ4v) is 3.04. The van der Waals surface area contributed by atoms with Crippen LogP contribution in [-0.2, 0) is 4.74 Å².